The first-order chi connectivity index (χ1) is 55.5. The fourth-order valence-electron chi connectivity index (χ4n) is 19.5. The van der Waals surface area contributed by atoms with Crippen LogP contribution in [0.3, 0.4) is 0 Å². The molecule has 522 valence electrons. The fraction of sp³-hybridized carbons (Fsp3) is 0.0182. The van der Waals surface area contributed by atoms with Gasteiger partial charge in [0.1, 0.15) is 0 Å². The van der Waals surface area contributed by atoms with Crippen LogP contribution in [-0.4, -0.2) is 0 Å². The Morgan fingerprint density at radius 3 is 0.732 bits per heavy atom. The first kappa shape index (κ1) is 64.7. The van der Waals surface area contributed by atoms with Crippen LogP contribution >= 0.6 is 0 Å². The molecule has 0 N–H and O–H groups in total. The highest BCUT2D eigenvalue weighted by atomic mass is 15.2. The van der Waals surface area contributed by atoms with Crippen LogP contribution in [-0.2, 0) is 10.8 Å². The highest BCUT2D eigenvalue weighted by Gasteiger charge is 2.55. The summed E-state index contributed by atoms with van der Waals surface area (Å²) in [4.78, 5) is 5.13. The van der Waals surface area contributed by atoms with Gasteiger partial charge in [0.05, 0.1) is 22.2 Å². The van der Waals surface area contributed by atoms with Crippen molar-refractivity contribution in [2.24, 2.45) is 0 Å². The second kappa shape index (κ2) is 26.2. The largest absolute Gasteiger partial charge is 0.310 e. The van der Waals surface area contributed by atoms with Crippen molar-refractivity contribution in [1.82, 2.24) is 0 Å². The predicted molar refractivity (Wildman–Crippen MR) is 466 cm³/mol. The summed E-state index contributed by atoms with van der Waals surface area (Å²) in [5.74, 6) is 0. The number of rotatable bonds is 13. The molecule has 18 aromatic carbocycles. The smallest absolute Gasteiger partial charge is 0.0746 e. The van der Waals surface area contributed by atoms with Gasteiger partial charge in [0.25, 0.3) is 0 Å². The summed E-state index contributed by atoms with van der Waals surface area (Å²) in [5.41, 5.74) is 41.7. The molecule has 4 aliphatic carbocycles. The Labute approximate surface area is 654 Å². The Morgan fingerprint density at radius 2 is 0.366 bits per heavy atom. The van der Waals surface area contributed by atoms with E-state index in [4.69, 9.17) is 0 Å². The molecule has 2 spiro atoms. The highest BCUT2D eigenvalue weighted by molar-refractivity contribution is 6.04. The van der Waals surface area contributed by atoms with Gasteiger partial charge in [-0.3, -0.25) is 0 Å². The lowest BCUT2D eigenvalue weighted by Gasteiger charge is -2.36. The molecule has 22 rings (SSSR count). The summed E-state index contributed by atoms with van der Waals surface area (Å²) >= 11 is 0. The van der Waals surface area contributed by atoms with E-state index in [0.717, 1.165) is 101 Å². The molecule has 4 aliphatic rings. The van der Waals surface area contributed by atoms with E-state index < -0.39 is 10.8 Å². The minimum absolute atomic E-state index is 0.633. The van der Waals surface area contributed by atoms with Crippen molar-refractivity contribution in [2.45, 2.75) is 10.8 Å². The Hall–Kier alpha value is -14.4. The zero-order valence-corrected chi connectivity index (χ0v) is 61.5. The third kappa shape index (κ3) is 10.1. The molecular weight excluding hydrogens is 1350 g/mol. The Balaban J connectivity index is 0.718. The standard InChI is InChI=1S/C110H72N2/c1-6-30-73(31-7-1)80-40-26-42-87(66-80)111(88-43-27-41-81(67-88)74-32-8-2-9-33-74)105-56-28-49-96-94-47-19-24-54-102(94)110(107(96)105)103-55-25-20-48-95(103)98-72-82(62-63-104(98)110)78-58-60-79(61-59-78)86-65-85(77-38-14-5-15-39-77)70-90(71-86)112(89-68-83(75-34-10-3-11-35-75)64-84(69-89)76-36-12-4-13-37-76)106-57-29-50-97-93-46-18-23-53-101(93)109(108(97)106)99-51-21-16-44-91(99)92-45-17-22-52-100(92)109/h1-72H. The van der Waals surface area contributed by atoms with Crippen LogP contribution in [0.15, 0.2) is 437 Å². The molecule has 0 aromatic heterocycles. The minimum Gasteiger partial charge on any atom is -0.310 e. The first-order valence-electron chi connectivity index (χ1n) is 38.9. The van der Waals surface area contributed by atoms with E-state index in [1.807, 2.05) is 0 Å². The SMILES string of the molecule is c1ccc(-c2cccc(N(c3cccc(-c4ccccc4)c3)c3cccc4c3C3(c5ccccc5-c5cc(-c6ccc(-c7cc(-c8ccccc8)cc(N(c8cc(-c9ccccc9)cc(-c9ccccc9)c8)c8cccc9c8C8(c%10ccccc%10-c%10ccccc%108)c8ccccc8-9)c7)cc6)ccc53)c3ccccc3-4)c2)cc1. The van der Waals surface area contributed by atoms with Crippen molar-refractivity contribution in [1.29, 1.82) is 0 Å². The monoisotopic (exact) mass is 1420 g/mol. The van der Waals surface area contributed by atoms with Gasteiger partial charge in [-0.2, -0.15) is 0 Å². The van der Waals surface area contributed by atoms with Crippen molar-refractivity contribution in [3.05, 3.63) is 481 Å². The maximum Gasteiger partial charge on any atom is 0.0746 e. The van der Waals surface area contributed by atoms with Gasteiger partial charge >= 0.3 is 0 Å². The van der Waals surface area contributed by atoms with Gasteiger partial charge in [0.2, 0.25) is 0 Å². The highest BCUT2D eigenvalue weighted by Crippen LogP contribution is 2.68. The maximum absolute atomic E-state index is 2.60. The number of hydrogen-bond donors (Lipinski definition) is 0. The zero-order chi connectivity index (χ0) is 73.9. The second-order valence-electron chi connectivity index (χ2n) is 30.1. The van der Waals surface area contributed by atoms with Crippen molar-refractivity contribution in [3.63, 3.8) is 0 Å². The number of nitrogens with zero attached hydrogens (tertiary/aromatic N) is 2. The third-order valence-electron chi connectivity index (χ3n) is 24.2. The normalized spacial score (nSPS) is 13.8. The lowest BCUT2D eigenvalue weighted by molar-refractivity contribution is 0.793. The van der Waals surface area contributed by atoms with Gasteiger partial charge in [-0.05, 0) is 235 Å². The van der Waals surface area contributed by atoms with E-state index in [1.54, 1.807) is 0 Å². The average molecular weight is 1420 g/mol. The Bertz CT molecular complexity index is 6540. The zero-order valence-electron chi connectivity index (χ0n) is 61.5. The predicted octanol–water partition coefficient (Wildman–Crippen LogP) is 29.0. The lowest BCUT2D eigenvalue weighted by atomic mass is 9.69. The summed E-state index contributed by atoms with van der Waals surface area (Å²) in [5, 5.41) is 0. The van der Waals surface area contributed by atoms with Crippen LogP contribution in [0, 0.1) is 0 Å². The average Bonchev–Trinajstić information content (AvgIpc) is 1.51. The van der Waals surface area contributed by atoms with Gasteiger partial charge < -0.3 is 9.80 Å². The molecule has 1 atom stereocenters. The number of anilines is 6. The van der Waals surface area contributed by atoms with E-state index in [2.05, 4.69) is 447 Å². The van der Waals surface area contributed by atoms with Crippen LogP contribution in [0.25, 0.3) is 122 Å². The molecule has 0 fully saturated rings. The molecule has 2 nitrogen and oxygen atoms in total. The molecule has 0 saturated heterocycles. The van der Waals surface area contributed by atoms with Crippen LogP contribution in [0.5, 0.6) is 0 Å². The summed E-state index contributed by atoms with van der Waals surface area (Å²) < 4.78 is 0. The molecule has 0 saturated carbocycles. The number of hydrogen-bond acceptors (Lipinski definition) is 2. The van der Waals surface area contributed by atoms with Gasteiger partial charge in [0, 0.05) is 33.9 Å². The molecule has 18 aromatic rings. The maximum atomic E-state index is 2.60. The summed E-state index contributed by atoms with van der Waals surface area (Å²) in [6.45, 7) is 0. The topological polar surface area (TPSA) is 6.48 Å². The molecule has 0 bridgehead atoms. The van der Waals surface area contributed by atoms with Crippen molar-refractivity contribution >= 4 is 34.1 Å². The first-order valence-corrected chi connectivity index (χ1v) is 38.9. The van der Waals surface area contributed by atoms with E-state index in [1.165, 1.54) is 100 Å². The van der Waals surface area contributed by atoms with Gasteiger partial charge in [-0.15, -0.1) is 0 Å². The molecule has 0 heterocycles. The Kier molecular flexibility index (Phi) is 15.1. The minimum atomic E-state index is -0.666. The molecular formula is C110H72N2. The van der Waals surface area contributed by atoms with Crippen LogP contribution in [0.2, 0.25) is 0 Å². The van der Waals surface area contributed by atoms with Gasteiger partial charge in [-0.25, -0.2) is 0 Å². The number of benzene rings is 18. The van der Waals surface area contributed by atoms with E-state index in [9.17, 15) is 0 Å². The summed E-state index contributed by atoms with van der Waals surface area (Å²) in [7, 11) is 0. The molecule has 1 unspecified atom stereocenters. The molecule has 0 amide bonds. The fourth-order valence-corrected chi connectivity index (χ4v) is 19.5. The van der Waals surface area contributed by atoms with Crippen molar-refractivity contribution < 1.29 is 0 Å². The summed E-state index contributed by atoms with van der Waals surface area (Å²) in [6, 6.07) is 164. The quantitative estimate of drug-likeness (QED) is 0.114. The van der Waals surface area contributed by atoms with Crippen molar-refractivity contribution in [2.75, 3.05) is 9.80 Å². The summed E-state index contributed by atoms with van der Waals surface area (Å²) in [6.07, 6.45) is 0. The molecule has 2 heteroatoms. The van der Waals surface area contributed by atoms with Crippen LogP contribution in [0.4, 0.5) is 34.1 Å². The van der Waals surface area contributed by atoms with Crippen LogP contribution < -0.4 is 9.80 Å². The van der Waals surface area contributed by atoms with E-state index in [0.29, 0.717) is 0 Å². The van der Waals surface area contributed by atoms with Gasteiger partial charge in [-0.1, -0.05) is 358 Å². The third-order valence-corrected chi connectivity index (χ3v) is 24.2. The van der Waals surface area contributed by atoms with E-state index in [-0.39, 0.29) is 0 Å². The molecule has 0 radical (unpaired) electrons. The van der Waals surface area contributed by atoms with Gasteiger partial charge in [0.15, 0.2) is 0 Å². The van der Waals surface area contributed by atoms with Crippen LogP contribution in [0.1, 0.15) is 44.5 Å². The lowest BCUT2D eigenvalue weighted by Crippen LogP contribution is -2.28. The molecule has 0 aliphatic heterocycles. The molecule has 112 heavy (non-hydrogen) atoms. The Morgan fingerprint density at radius 1 is 0.134 bits per heavy atom. The second-order valence-corrected chi connectivity index (χ2v) is 30.1. The number of fused-ring (bicyclic) bond motifs is 20. The van der Waals surface area contributed by atoms with Crippen molar-refractivity contribution in [3.8, 4) is 122 Å². The van der Waals surface area contributed by atoms with E-state index >= 15 is 0 Å².